The van der Waals surface area contributed by atoms with Crippen LogP contribution in [-0.2, 0) is 28.8 Å². The first-order valence-electron chi connectivity index (χ1n) is 10.1. The molecule has 1 aromatic carbocycles. The third-order valence-corrected chi connectivity index (χ3v) is 5.10. The summed E-state index contributed by atoms with van der Waals surface area (Å²) in [7, 11) is 0. The first-order chi connectivity index (χ1) is 12.6. The molecule has 0 aromatic heterocycles. The van der Waals surface area contributed by atoms with Gasteiger partial charge in [0.1, 0.15) is 5.60 Å². The first kappa shape index (κ1) is 19.7. The van der Waals surface area contributed by atoms with Crippen LogP contribution in [0.5, 0.6) is 0 Å². The van der Waals surface area contributed by atoms with Crippen LogP contribution in [0.2, 0.25) is 0 Å². The molecule has 2 heterocycles. The molecule has 0 radical (unpaired) electrons. The Labute approximate surface area is 162 Å². The van der Waals surface area contributed by atoms with Crippen molar-refractivity contribution in [3.8, 4) is 0 Å². The highest BCUT2D eigenvalue weighted by Gasteiger charge is 2.28. The van der Waals surface area contributed by atoms with Crippen LogP contribution in [0.15, 0.2) is 12.1 Å². The second-order valence-corrected chi connectivity index (χ2v) is 9.12. The molecule has 0 unspecified atom stereocenters. The Kier molecular flexibility index (Phi) is 5.50. The molecule has 148 valence electrons. The summed E-state index contributed by atoms with van der Waals surface area (Å²) >= 11 is 0. The fourth-order valence-electron chi connectivity index (χ4n) is 3.85. The molecule has 0 saturated heterocycles. The SMILES string of the molecule is CC(C)CN1C(=O)CCc2cc3c(cc21)CCN(C(=O)OC(C)(C)C)CC3. The highest BCUT2D eigenvalue weighted by Crippen LogP contribution is 2.33. The lowest BCUT2D eigenvalue weighted by atomic mass is 9.92. The third-order valence-electron chi connectivity index (χ3n) is 5.10. The van der Waals surface area contributed by atoms with Crippen molar-refractivity contribution in [2.75, 3.05) is 24.5 Å². The molecule has 1 aromatic rings. The maximum absolute atomic E-state index is 12.5. The number of hydrogen-bond acceptors (Lipinski definition) is 3. The molecular weight excluding hydrogens is 340 g/mol. The number of amides is 2. The van der Waals surface area contributed by atoms with Crippen molar-refractivity contribution in [1.29, 1.82) is 0 Å². The maximum atomic E-state index is 12.5. The Balaban J connectivity index is 1.81. The molecule has 2 amide bonds. The molecule has 3 rings (SSSR count). The summed E-state index contributed by atoms with van der Waals surface area (Å²) < 4.78 is 5.54. The molecule has 0 saturated carbocycles. The van der Waals surface area contributed by atoms with Gasteiger partial charge in [-0.1, -0.05) is 19.9 Å². The maximum Gasteiger partial charge on any atom is 0.410 e. The average molecular weight is 373 g/mol. The van der Waals surface area contributed by atoms with Gasteiger partial charge in [-0.05, 0) is 68.7 Å². The molecule has 0 spiro atoms. The number of rotatable bonds is 2. The Morgan fingerprint density at radius 3 is 2.26 bits per heavy atom. The second-order valence-electron chi connectivity index (χ2n) is 9.12. The highest BCUT2D eigenvalue weighted by molar-refractivity contribution is 5.96. The minimum Gasteiger partial charge on any atom is -0.444 e. The van der Waals surface area contributed by atoms with E-state index in [0.29, 0.717) is 25.4 Å². The van der Waals surface area contributed by atoms with Gasteiger partial charge in [-0.25, -0.2) is 4.79 Å². The number of ether oxygens (including phenoxy) is 1. The predicted octanol–water partition coefficient (Wildman–Crippen LogP) is 3.96. The number of carbonyl (C=O) groups excluding carboxylic acids is 2. The van der Waals surface area contributed by atoms with E-state index in [9.17, 15) is 9.59 Å². The van der Waals surface area contributed by atoms with Crippen LogP contribution in [0.25, 0.3) is 0 Å². The molecule has 2 aliphatic rings. The van der Waals surface area contributed by atoms with Crippen molar-refractivity contribution in [1.82, 2.24) is 4.90 Å². The van der Waals surface area contributed by atoms with Crippen LogP contribution in [0, 0.1) is 5.92 Å². The van der Waals surface area contributed by atoms with Gasteiger partial charge in [0.25, 0.3) is 0 Å². The minimum absolute atomic E-state index is 0.222. The molecule has 0 fully saturated rings. The third kappa shape index (κ3) is 4.63. The summed E-state index contributed by atoms with van der Waals surface area (Å²) in [6, 6.07) is 4.46. The van der Waals surface area contributed by atoms with Gasteiger partial charge in [0.05, 0.1) is 0 Å². The lowest BCUT2D eigenvalue weighted by Gasteiger charge is -2.32. The van der Waals surface area contributed by atoms with Gasteiger partial charge in [-0.3, -0.25) is 4.79 Å². The van der Waals surface area contributed by atoms with Crippen LogP contribution >= 0.6 is 0 Å². The predicted molar refractivity (Wildman–Crippen MR) is 107 cm³/mol. The minimum atomic E-state index is -0.479. The smallest absolute Gasteiger partial charge is 0.410 e. The number of carbonyl (C=O) groups is 2. The summed E-state index contributed by atoms with van der Waals surface area (Å²) in [5, 5.41) is 0. The molecule has 5 nitrogen and oxygen atoms in total. The molecule has 0 N–H and O–H groups in total. The van der Waals surface area contributed by atoms with Crippen molar-refractivity contribution in [2.24, 2.45) is 5.92 Å². The fraction of sp³-hybridized carbons (Fsp3) is 0.636. The Morgan fingerprint density at radius 1 is 1.04 bits per heavy atom. The van der Waals surface area contributed by atoms with Crippen molar-refractivity contribution in [3.05, 3.63) is 28.8 Å². The van der Waals surface area contributed by atoms with E-state index in [-0.39, 0.29) is 12.0 Å². The molecule has 0 bridgehead atoms. The molecule has 2 aliphatic heterocycles. The standard InChI is InChI=1S/C22H32N2O3/c1-15(2)14-24-19-13-17-9-11-23(21(26)27-22(3,4)5)10-8-16(17)12-18(19)6-7-20(24)25/h12-13,15H,6-11,14H2,1-5H3. The van der Waals surface area contributed by atoms with E-state index in [2.05, 4.69) is 26.0 Å². The van der Waals surface area contributed by atoms with Gasteiger partial charge in [-0.15, -0.1) is 0 Å². The zero-order valence-corrected chi connectivity index (χ0v) is 17.3. The van der Waals surface area contributed by atoms with Crippen molar-refractivity contribution >= 4 is 17.7 Å². The first-order valence-corrected chi connectivity index (χ1v) is 10.1. The summed E-state index contributed by atoms with van der Waals surface area (Å²) in [6.07, 6.45) is 2.79. The number of nitrogens with zero attached hydrogens (tertiary/aromatic N) is 2. The summed E-state index contributed by atoms with van der Waals surface area (Å²) in [5.41, 5.74) is 4.42. The van der Waals surface area contributed by atoms with Gasteiger partial charge in [0, 0.05) is 31.7 Å². The second kappa shape index (κ2) is 7.53. The zero-order valence-electron chi connectivity index (χ0n) is 17.3. The molecular formula is C22H32N2O3. The normalized spacial score (nSPS) is 17.5. The van der Waals surface area contributed by atoms with Gasteiger partial charge in [0.2, 0.25) is 5.91 Å². The van der Waals surface area contributed by atoms with E-state index in [1.165, 1.54) is 16.7 Å². The lowest BCUT2D eigenvalue weighted by Crippen LogP contribution is -2.38. The fourth-order valence-corrected chi connectivity index (χ4v) is 3.85. The highest BCUT2D eigenvalue weighted by atomic mass is 16.6. The molecule has 5 heteroatoms. The molecule has 27 heavy (non-hydrogen) atoms. The van der Waals surface area contributed by atoms with Crippen molar-refractivity contribution < 1.29 is 14.3 Å². The Bertz CT molecular complexity index is 734. The van der Waals surface area contributed by atoms with Gasteiger partial charge >= 0.3 is 6.09 Å². The summed E-state index contributed by atoms with van der Waals surface area (Å²) in [6.45, 7) is 12.1. The van der Waals surface area contributed by atoms with E-state index in [1.807, 2.05) is 25.7 Å². The largest absolute Gasteiger partial charge is 0.444 e. The number of hydrogen-bond donors (Lipinski definition) is 0. The summed E-state index contributed by atoms with van der Waals surface area (Å²) in [5.74, 6) is 0.654. The van der Waals surface area contributed by atoms with Crippen LogP contribution in [0.1, 0.15) is 57.7 Å². The van der Waals surface area contributed by atoms with Crippen LogP contribution in [0.4, 0.5) is 10.5 Å². The van der Waals surface area contributed by atoms with E-state index in [4.69, 9.17) is 4.74 Å². The quantitative estimate of drug-likeness (QED) is 0.790. The Morgan fingerprint density at radius 2 is 1.67 bits per heavy atom. The van der Waals surface area contributed by atoms with E-state index in [1.54, 1.807) is 4.90 Å². The van der Waals surface area contributed by atoms with Crippen molar-refractivity contribution in [2.45, 2.75) is 65.9 Å². The van der Waals surface area contributed by atoms with Gasteiger partial charge < -0.3 is 14.5 Å². The van der Waals surface area contributed by atoms with Crippen molar-refractivity contribution in [3.63, 3.8) is 0 Å². The van der Waals surface area contributed by atoms with Gasteiger partial charge in [0.15, 0.2) is 0 Å². The monoisotopic (exact) mass is 372 g/mol. The van der Waals surface area contributed by atoms with Crippen LogP contribution in [0.3, 0.4) is 0 Å². The topological polar surface area (TPSA) is 49.9 Å². The van der Waals surface area contributed by atoms with E-state index in [0.717, 1.165) is 31.5 Å². The number of anilines is 1. The van der Waals surface area contributed by atoms with E-state index < -0.39 is 5.60 Å². The lowest BCUT2D eigenvalue weighted by molar-refractivity contribution is -0.119. The number of aryl methyl sites for hydroxylation is 1. The van der Waals surface area contributed by atoms with E-state index >= 15 is 0 Å². The number of benzene rings is 1. The van der Waals surface area contributed by atoms with Crippen LogP contribution in [-0.4, -0.2) is 42.1 Å². The zero-order chi connectivity index (χ0) is 19.8. The summed E-state index contributed by atoms with van der Waals surface area (Å²) in [4.78, 5) is 28.7. The van der Waals surface area contributed by atoms with Crippen LogP contribution < -0.4 is 4.90 Å². The number of fused-ring (bicyclic) bond motifs is 2. The molecule has 0 atom stereocenters. The Hall–Kier alpha value is -2.04. The average Bonchev–Trinajstić information content (AvgIpc) is 2.76. The van der Waals surface area contributed by atoms with Gasteiger partial charge in [-0.2, -0.15) is 0 Å². The molecule has 0 aliphatic carbocycles.